The van der Waals surface area contributed by atoms with E-state index in [1.165, 1.54) is 6.92 Å². The number of fused-ring (bicyclic) bond motifs is 1. The maximum atomic E-state index is 13.5. The molecule has 31 heavy (non-hydrogen) atoms. The van der Waals surface area contributed by atoms with Gasteiger partial charge in [0.2, 0.25) is 12.0 Å². The minimum absolute atomic E-state index is 0.0398. The summed E-state index contributed by atoms with van der Waals surface area (Å²) < 4.78 is 50.6. The first kappa shape index (κ1) is 24.0. The van der Waals surface area contributed by atoms with Gasteiger partial charge in [-0.15, -0.1) is 10.1 Å². The summed E-state index contributed by atoms with van der Waals surface area (Å²) >= 11 is 0. The number of aryl methyl sites for hydroxylation is 2. The number of hydrogen-bond acceptors (Lipinski definition) is 7. The Balaban J connectivity index is 2.12. The summed E-state index contributed by atoms with van der Waals surface area (Å²) in [6.07, 6.45) is -6.26. The van der Waals surface area contributed by atoms with Gasteiger partial charge in [0.05, 0.1) is 12.1 Å². The number of carbonyl (C=O) groups is 2. The van der Waals surface area contributed by atoms with Crippen LogP contribution in [0.25, 0.3) is 6.08 Å². The zero-order valence-electron chi connectivity index (χ0n) is 17.0. The van der Waals surface area contributed by atoms with Crippen LogP contribution in [0, 0.1) is 24.0 Å². The Kier molecular flexibility index (Phi) is 7.47. The summed E-state index contributed by atoms with van der Waals surface area (Å²) in [5.74, 6) is -1.67. The molecule has 9 nitrogen and oxygen atoms in total. The molecule has 0 aliphatic carbocycles. The van der Waals surface area contributed by atoms with Crippen LogP contribution >= 0.6 is 0 Å². The SMILES string of the molecule is CC(=O)N(CCOC(=O)C1=Cc2cc(C)cc(C)c2OC1C(F)(F)F)CCO[N+](=O)[O-]. The highest BCUT2D eigenvalue weighted by Gasteiger charge is 2.49. The fourth-order valence-corrected chi connectivity index (χ4v) is 3.07. The van der Waals surface area contributed by atoms with Gasteiger partial charge < -0.3 is 19.2 Å². The molecule has 1 aromatic rings. The van der Waals surface area contributed by atoms with E-state index in [9.17, 15) is 32.9 Å². The molecular formula is C19H21F3N2O7. The minimum atomic E-state index is -4.86. The third-order valence-electron chi connectivity index (χ3n) is 4.41. The van der Waals surface area contributed by atoms with Crippen LogP contribution in [-0.4, -0.2) is 60.4 Å². The highest BCUT2D eigenvalue weighted by atomic mass is 19.4. The highest BCUT2D eigenvalue weighted by molar-refractivity contribution is 5.96. The number of nitrogens with zero attached hydrogens (tertiary/aromatic N) is 2. The number of halogens is 3. The van der Waals surface area contributed by atoms with E-state index in [0.717, 1.165) is 16.5 Å². The molecule has 0 aromatic heterocycles. The largest absolute Gasteiger partial charge is 0.475 e. The highest BCUT2D eigenvalue weighted by Crippen LogP contribution is 2.39. The third-order valence-corrected chi connectivity index (χ3v) is 4.41. The molecule has 1 heterocycles. The Morgan fingerprint density at radius 3 is 2.45 bits per heavy atom. The lowest BCUT2D eigenvalue weighted by atomic mass is 9.97. The number of alkyl halides is 3. The monoisotopic (exact) mass is 446 g/mol. The van der Waals surface area contributed by atoms with Crippen LogP contribution in [0.15, 0.2) is 17.7 Å². The van der Waals surface area contributed by atoms with Crippen LogP contribution < -0.4 is 4.74 Å². The van der Waals surface area contributed by atoms with Crippen LogP contribution in [0.2, 0.25) is 0 Å². The average molecular weight is 446 g/mol. The van der Waals surface area contributed by atoms with Crippen molar-refractivity contribution in [3.8, 4) is 5.75 Å². The molecule has 0 N–H and O–H groups in total. The van der Waals surface area contributed by atoms with E-state index in [1.807, 2.05) is 0 Å². The predicted molar refractivity (Wildman–Crippen MR) is 101 cm³/mol. The van der Waals surface area contributed by atoms with Gasteiger partial charge in [-0.2, -0.15) is 13.2 Å². The van der Waals surface area contributed by atoms with Crippen molar-refractivity contribution in [1.29, 1.82) is 0 Å². The third kappa shape index (κ3) is 6.33. The van der Waals surface area contributed by atoms with Crippen LogP contribution in [-0.2, 0) is 19.2 Å². The lowest BCUT2D eigenvalue weighted by Gasteiger charge is -2.29. The molecule has 1 aliphatic heterocycles. The smallest absolute Gasteiger partial charge is 0.430 e. The molecule has 0 bridgehead atoms. The van der Waals surface area contributed by atoms with Crippen molar-refractivity contribution in [1.82, 2.24) is 4.90 Å². The van der Waals surface area contributed by atoms with E-state index in [0.29, 0.717) is 11.1 Å². The normalized spacial score (nSPS) is 15.3. The van der Waals surface area contributed by atoms with Crippen LogP contribution in [0.5, 0.6) is 5.75 Å². The van der Waals surface area contributed by atoms with Gasteiger partial charge in [-0.05, 0) is 31.6 Å². The molecule has 1 aromatic carbocycles. The van der Waals surface area contributed by atoms with Gasteiger partial charge in [-0.1, -0.05) is 11.6 Å². The molecule has 1 atom stereocenters. The van der Waals surface area contributed by atoms with Gasteiger partial charge in [-0.3, -0.25) is 4.79 Å². The second kappa shape index (κ2) is 9.67. The van der Waals surface area contributed by atoms with E-state index in [4.69, 9.17) is 9.47 Å². The standard InChI is InChI=1S/C19H21F3N2O7/c1-11-8-12(2)16-14(9-11)10-15(17(31-16)19(20,21)22)18(26)29-6-4-23(13(3)25)5-7-30-24(27)28/h8-10,17H,4-7H2,1-3H3. The molecule has 0 saturated heterocycles. The Hall–Kier alpha value is -3.31. The first-order chi connectivity index (χ1) is 14.4. The Bertz CT molecular complexity index is 899. The van der Waals surface area contributed by atoms with E-state index >= 15 is 0 Å². The molecule has 0 spiro atoms. The van der Waals surface area contributed by atoms with Crippen molar-refractivity contribution < 1.29 is 42.2 Å². The molecule has 1 unspecified atom stereocenters. The van der Waals surface area contributed by atoms with E-state index in [-0.39, 0.29) is 18.8 Å². The molecule has 1 aliphatic rings. The van der Waals surface area contributed by atoms with Crippen molar-refractivity contribution in [3.05, 3.63) is 44.5 Å². The topological polar surface area (TPSA) is 108 Å². The van der Waals surface area contributed by atoms with Crippen LogP contribution in [0.3, 0.4) is 0 Å². The quantitative estimate of drug-likeness (QED) is 0.343. The number of amides is 1. The fraction of sp³-hybridized carbons (Fsp3) is 0.474. The lowest BCUT2D eigenvalue weighted by molar-refractivity contribution is -0.757. The van der Waals surface area contributed by atoms with E-state index in [2.05, 4.69) is 4.84 Å². The number of benzene rings is 1. The summed E-state index contributed by atoms with van der Waals surface area (Å²) in [7, 11) is 0. The number of hydrogen-bond donors (Lipinski definition) is 0. The van der Waals surface area contributed by atoms with Gasteiger partial charge >= 0.3 is 12.1 Å². The average Bonchev–Trinajstić information content (AvgIpc) is 2.64. The lowest BCUT2D eigenvalue weighted by Crippen LogP contribution is -2.41. The summed E-state index contributed by atoms with van der Waals surface area (Å²) in [5.41, 5.74) is 0.897. The number of ether oxygens (including phenoxy) is 2. The first-order valence-corrected chi connectivity index (χ1v) is 9.16. The molecule has 0 fully saturated rings. The van der Waals surface area contributed by atoms with Crippen molar-refractivity contribution >= 4 is 18.0 Å². The van der Waals surface area contributed by atoms with Crippen LogP contribution in [0.1, 0.15) is 23.6 Å². The number of esters is 1. The van der Waals surface area contributed by atoms with Gasteiger partial charge in [0.25, 0.3) is 5.09 Å². The number of rotatable bonds is 8. The molecule has 2 rings (SSSR count). The van der Waals surface area contributed by atoms with E-state index in [1.54, 1.807) is 26.0 Å². The second-order valence-corrected chi connectivity index (χ2v) is 6.84. The van der Waals surface area contributed by atoms with Gasteiger partial charge in [0.1, 0.15) is 19.0 Å². The number of carbonyl (C=O) groups excluding carboxylic acids is 2. The maximum absolute atomic E-state index is 13.5. The van der Waals surface area contributed by atoms with Gasteiger partial charge in [-0.25, -0.2) is 4.79 Å². The molecule has 12 heteroatoms. The molecular weight excluding hydrogens is 425 g/mol. The fourth-order valence-electron chi connectivity index (χ4n) is 3.07. The summed E-state index contributed by atoms with van der Waals surface area (Å²) in [4.78, 5) is 39.4. The second-order valence-electron chi connectivity index (χ2n) is 6.84. The molecule has 0 saturated carbocycles. The Labute approximate surface area is 175 Å². The first-order valence-electron chi connectivity index (χ1n) is 9.16. The van der Waals surface area contributed by atoms with E-state index < -0.39 is 48.0 Å². The van der Waals surface area contributed by atoms with Crippen molar-refractivity contribution in [2.24, 2.45) is 0 Å². The molecule has 0 radical (unpaired) electrons. The maximum Gasteiger partial charge on any atom is 0.430 e. The van der Waals surface area contributed by atoms with Crippen LogP contribution in [0.4, 0.5) is 13.2 Å². The Morgan fingerprint density at radius 1 is 1.23 bits per heavy atom. The summed E-state index contributed by atoms with van der Waals surface area (Å²) in [5, 5.41) is 9.15. The van der Waals surface area contributed by atoms with Crippen molar-refractivity contribution in [2.45, 2.75) is 33.1 Å². The Morgan fingerprint density at radius 2 is 1.87 bits per heavy atom. The zero-order valence-corrected chi connectivity index (χ0v) is 17.0. The van der Waals surface area contributed by atoms with Gasteiger partial charge in [0.15, 0.2) is 0 Å². The molecule has 1 amide bonds. The van der Waals surface area contributed by atoms with Crippen molar-refractivity contribution in [3.63, 3.8) is 0 Å². The summed E-state index contributed by atoms with van der Waals surface area (Å²) in [6, 6.07) is 3.26. The molecule has 170 valence electrons. The van der Waals surface area contributed by atoms with Crippen molar-refractivity contribution in [2.75, 3.05) is 26.3 Å². The van der Waals surface area contributed by atoms with Gasteiger partial charge in [0, 0.05) is 19.0 Å². The minimum Gasteiger partial charge on any atom is -0.475 e. The zero-order chi connectivity index (χ0) is 23.3. The predicted octanol–water partition coefficient (Wildman–Crippen LogP) is 2.61. The summed E-state index contributed by atoms with van der Waals surface area (Å²) in [6.45, 7) is 3.40.